The number of hydrogen-bond donors (Lipinski definition) is 0. The van der Waals surface area contributed by atoms with E-state index in [-0.39, 0.29) is 17.7 Å². The number of nitrogens with zero attached hydrogens (tertiary/aromatic N) is 3. The van der Waals surface area contributed by atoms with E-state index in [1.807, 2.05) is 44.2 Å². The van der Waals surface area contributed by atoms with Gasteiger partial charge in [0.2, 0.25) is 5.91 Å². The van der Waals surface area contributed by atoms with Crippen molar-refractivity contribution in [1.82, 2.24) is 4.90 Å². The smallest absolute Gasteiger partial charge is 0.268 e. The molecule has 6 nitrogen and oxygen atoms in total. The van der Waals surface area contributed by atoms with Gasteiger partial charge in [0.25, 0.3) is 5.91 Å². The monoisotopic (exact) mass is 421 g/mol. The van der Waals surface area contributed by atoms with E-state index in [1.54, 1.807) is 29.0 Å². The van der Waals surface area contributed by atoms with Gasteiger partial charge < -0.3 is 14.5 Å². The molecule has 0 saturated carbocycles. The van der Waals surface area contributed by atoms with Gasteiger partial charge in [0.15, 0.2) is 4.87 Å². The van der Waals surface area contributed by atoms with Crippen molar-refractivity contribution in [3.8, 4) is 11.8 Å². The molecule has 2 aromatic rings. The number of nitriles is 1. The Morgan fingerprint density at radius 2 is 2.10 bits per heavy atom. The average Bonchev–Trinajstić information content (AvgIpc) is 3.30. The Morgan fingerprint density at radius 3 is 2.80 bits per heavy atom. The summed E-state index contributed by atoms with van der Waals surface area (Å²) in [6.45, 7) is 4.58. The van der Waals surface area contributed by atoms with Crippen molar-refractivity contribution >= 4 is 29.3 Å². The molecule has 7 heteroatoms. The van der Waals surface area contributed by atoms with Crippen LogP contribution in [0.1, 0.15) is 30.5 Å². The van der Waals surface area contributed by atoms with Crippen LogP contribution in [0.3, 0.4) is 0 Å². The summed E-state index contributed by atoms with van der Waals surface area (Å²) < 4.78 is 5.43. The predicted molar refractivity (Wildman–Crippen MR) is 116 cm³/mol. The molecule has 154 valence electrons. The first-order valence-corrected chi connectivity index (χ1v) is 10.9. The van der Waals surface area contributed by atoms with Gasteiger partial charge >= 0.3 is 0 Å². The zero-order valence-electron chi connectivity index (χ0n) is 17.2. The van der Waals surface area contributed by atoms with E-state index in [0.29, 0.717) is 30.2 Å². The van der Waals surface area contributed by atoms with Gasteiger partial charge in [-0.1, -0.05) is 26.0 Å². The Morgan fingerprint density at radius 1 is 1.30 bits per heavy atom. The van der Waals surface area contributed by atoms with Crippen LogP contribution in [-0.2, 0) is 21.0 Å². The van der Waals surface area contributed by atoms with E-state index in [4.69, 9.17) is 4.74 Å². The van der Waals surface area contributed by atoms with Gasteiger partial charge in [-0.3, -0.25) is 9.59 Å². The summed E-state index contributed by atoms with van der Waals surface area (Å²) in [4.78, 5) is 29.3. The fourth-order valence-electron chi connectivity index (χ4n) is 4.13. The maximum atomic E-state index is 13.9. The van der Waals surface area contributed by atoms with Crippen LogP contribution in [0.5, 0.6) is 5.75 Å². The fraction of sp³-hybridized carbons (Fsp3) is 0.348. The maximum absolute atomic E-state index is 13.9. The second-order valence-corrected chi connectivity index (χ2v) is 9.01. The number of thioether (sulfide) groups is 1. The van der Waals surface area contributed by atoms with Gasteiger partial charge in [0, 0.05) is 23.8 Å². The molecule has 0 aromatic heterocycles. The first-order valence-electron chi connectivity index (χ1n) is 9.87. The third-order valence-electron chi connectivity index (χ3n) is 5.56. The normalized spacial score (nSPS) is 20.0. The van der Waals surface area contributed by atoms with Crippen LogP contribution >= 0.6 is 11.8 Å². The number of carbonyl (C=O) groups is 2. The highest BCUT2D eigenvalue weighted by Crippen LogP contribution is 2.55. The van der Waals surface area contributed by atoms with E-state index in [0.717, 1.165) is 16.8 Å². The molecule has 1 saturated heterocycles. The summed E-state index contributed by atoms with van der Waals surface area (Å²) in [7, 11) is 1.59. The maximum Gasteiger partial charge on any atom is 0.268 e. The molecule has 2 aliphatic rings. The highest BCUT2D eigenvalue weighted by Gasteiger charge is 2.59. The molecule has 0 unspecified atom stereocenters. The minimum absolute atomic E-state index is 0.0320. The molecular weight excluding hydrogens is 398 g/mol. The molecule has 0 N–H and O–H groups in total. The van der Waals surface area contributed by atoms with Crippen molar-refractivity contribution in [2.75, 3.05) is 24.3 Å². The molecule has 2 heterocycles. The number of amides is 2. The second-order valence-electron chi connectivity index (χ2n) is 7.72. The number of rotatable bonds is 4. The van der Waals surface area contributed by atoms with Crippen LogP contribution in [0.15, 0.2) is 42.5 Å². The Hall–Kier alpha value is -2.98. The average molecular weight is 422 g/mol. The van der Waals surface area contributed by atoms with Gasteiger partial charge in [0.05, 0.1) is 31.0 Å². The molecule has 2 aromatic carbocycles. The summed E-state index contributed by atoms with van der Waals surface area (Å²) in [5.74, 6) is 0.987. The minimum atomic E-state index is -1.07. The molecule has 1 atom stereocenters. The molecule has 2 aliphatic heterocycles. The van der Waals surface area contributed by atoms with E-state index in [1.165, 1.54) is 11.8 Å². The molecule has 0 aliphatic carbocycles. The van der Waals surface area contributed by atoms with Crippen molar-refractivity contribution in [3.63, 3.8) is 0 Å². The fourth-order valence-corrected chi connectivity index (χ4v) is 5.59. The third kappa shape index (κ3) is 3.03. The molecule has 0 radical (unpaired) electrons. The van der Waals surface area contributed by atoms with Crippen LogP contribution in [0, 0.1) is 17.2 Å². The lowest BCUT2D eigenvalue weighted by Gasteiger charge is -2.34. The molecule has 1 spiro atoms. The van der Waals surface area contributed by atoms with Crippen LogP contribution < -0.4 is 9.64 Å². The number of benzene rings is 2. The van der Waals surface area contributed by atoms with Gasteiger partial charge in [-0.25, -0.2) is 0 Å². The van der Waals surface area contributed by atoms with E-state index in [9.17, 15) is 14.9 Å². The largest absolute Gasteiger partial charge is 0.497 e. The first-order chi connectivity index (χ1) is 14.4. The van der Waals surface area contributed by atoms with Crippen molar-refractivity contribution < 1.29 is 14.3 Å². The Kier molecular flexibility index (Phi) is 5.20. The Bertz CT molecular complexity index is 1060. The van der Waals surface area contributed by atoms with Crippen molar-refractivity contribution in [2.45, 2.75) is 25.3 Å². The number of ether oxygens (including phenoxy) is 1. The summed E-state index contributed by atoms with van der Waals surface area (Å²) >= 11 is 1.50. The quantitative estimate of drug-likeness (QED) is 0.755. The zero-order valence-corrected chi connectivity index (χ0v) is 18.0. The lowest BCUT2D eigenvalue weighted by atomic mass is 10.0. The molecule has 0 bridgehead atoms. The second kappa shape index (κ2) is 7.69. The highest BCUT2D eigenvalue weighted by molar-refractivity contribution is 8.01. The van der Waals surface area contributed by atoms with Gasteiger partial charge in [-0.05, 0) is 35.9 Å². The lowest BCUT2D eigenvalue weighted by molar-refractivity contribution is -0.142. The summed E-state index contributed by atoms with van der Waals surface area (Å²) in [6.07, 6.45) is 0. The predicted octanol–water partition coefficient (Wildman–Crippen LogP) is 3.50. The molecule has 2 amide bonds. The number of carbonyl (C=O) groups excluding carboxylic acids is 2. The summed E-state index contributed by atoms with van der Waals surface area (Å²) in [5, 5.41) is 9.21. The van der Waals surface area contributed by atoms with Crippen LogP contribution in [0.2, 0.25) is 0 Å². The molecule has 1 fully saturated rings. The van der Waals surface area contributed by atoms with Crippen LogP contribution in [0.25, 0.3) is 0 Å². The zero-order chi connectivity index (χ0) is 21.5. The standard InChI is InChI=1S/C23H23N3O3S/c1-15(2)21(27)26-9-10-30-23(26)19-12-18(29-3)7-8-20(19)25(22(23)28)14-17-6-4-5-16(11-17)13-24/h4-8,11-12,15H,9-10,14H2,1-3H3/t23-/m1/s1. The number of hydrogen-bond acceptors (Lipinski definition) is 5. The Labute approximate surface area is 180 Å². The lowest BCUT2D eigenvalue weighted by Crippen LogP contribution is -2.51. The van der Waals surface area contributed by atoms with Crippen molar-refractivity contribution in [1.29, 1.82) is 5.26 Å². The Balaban J connectivity index is 1.83. The van der Waals surface area contributed by atoms with Crippen LogP contribution in [0.4, 0.5) is 5.69 Å². The van der Waals surface area contributed by atoms with Crippen molar-refractivity contribution in [2.24, 2.45) is 5.92 Å². The molecule has 4 rings (SSSR count). The SMILES string of the molecule is COc1ccc2c(c1)[C@@]1(SCCN1C(=O)C(C)C)C(=O)N2Cc1cccc(C#N)c1. The number of anilines is 1. The van der Waals surface area contributed by atoms with Crippen LogP contribution in [-0.4, -0.2) is 36.1 Å². The van der Waals surface area contributed by atoms with Crippen molar-refractivity contribution in [3.05, 3.63) is 59.2 Å². The summed E-state index contributed by atoms with van der Waals surface area (Å²) in [6, 6.07) is 15.0. The third-order valence-corrected chi connectivity index (χ3v) is 6.98. The van der Waals surface area contributed by atoms with E-state index < -0.39 is 4.87 Å². The van der Waals surface area contributed by atoms with Gasteiger partial charge in [0.1, 0.15) is 5.75 Å². The van der Waals surface area contributed by atoms with E-state index in [2.05, 4.69) is 6.07 Å². The number of fused-ring (bicyclic) bond motifs is 2. The minimum Gasteiger partial charge on any atom is -0.497 e. The summed E-state index contributed by atoms with van der Waals surface area (Å²) in [5.41, 5.74) is 2.99. The van der Waals surface area contributed by atoms with Gasteiger partial charge in [-0.15, -0.1) is 11.8 Å². The molecule has 30 heavy (non-hydrogen) atoms. The highest BCUT2D eigenvalue weighted by atomic mass is 32.2. The number of methoxy groups -OCH3 is 1. The molecular formula is C23H23N3O3S. The van der Waals surface area contributed by atoms with Gasteiger partial charge in [-0.2, -0.15) is 5.26 Å². The van der Waals surface area contributed by atoms with E-state index >= 15 is 0 Å². The topological polar surface area (TPSA) is 73.6 Å². The first kappa shape index (κ1) is 20.3.